The van der Waals surface area contributed by atoms with Crippen molar-refractivity contribution in [2.45, 2.75) is 37.4 Å². The summed E-state index contributed by atoms with van der Waals surface area (Å²) in [5.41, 5.74) is 0. The highest BCUT2D eigenvalue weighted by atomic mass is 35.5. The van der Waals surface area contributed by atoms with E-state index in [9.17, 15) is 0 Å². The van der Waals surface area contributed by atoms with E-state index in [0.717, 1.165) is 19.4 Å². The van der Waals surface area contributed by atoms with Crippen LogP contribution in [0.2, 0.25) is 0 Å². The minimum absolute atomic E-state index is 0.0582. The normalized spacial score (nSPS) is 31.5. The molecule has 3 atom stereocenters. The van der Waals surface area contributed by atoms with E-state index in [1.54, 1.807) is 7.11 Å². The van der Waals surface area contributed by atoms with Crippen LogP contribution >= 0.6 is 11.6 Å². The van der Waals surface area contributed by atoms with E-state index < -0.39 is 0 Å². The van der Waals surface area contributed by atoms with Gasteiger partial charge in [-0.15, -0.1) is 11.6 Å². The lowest BCUT2D eigenvalue weighted by Gasteiger charge is -2.39. The van der Waals surface area contributed by atoms with Gasteiger partial charge in [0.1, 0.15) is 0 Å². The number of ether oxygens (including phenoxy) is 3. The number of hydrogen-bond donors (Lipinski definition) is 0. The molecule has 0 spiro atoms. The third kappa shape index (κ3) is 3.39. The van der Waals surface area contributed by atoms with Gasteiger partial charge in [0.15, 0.2) is 0 Å². The SMILES string of the molecule is CCCOCCOC1CC(Cl)C1OC. The van der Waals surface area contributed by atoms with Crippen LogP contribution in [0, 0.1) is 0 Å². The summed E-state index contributed by atoms with van der Waals surface area (Å²) in [4.78, 5) is 0. The average molecular weight is 223 g/mol. The molecule has 3 nitrogen and oxygen atoms in total. The Kier molecular flexibility index (Phi) is 5.78. The number of halogens is 1. The predicted octanol–water partition coefficient (Wildman–Crippen LogP) is 1.82. The fourth-order valence-corrected chi connectivity index (χ4v) is 1.94. The van der Waals surface area contributed by atoms with Gasteiger partial charge in [-0.3, -0.25) is 0 Å². The van der Waals surface area contributed by atoms with E-state index >= 15 is 0 Å². The molecular formula is C10H19ClO3. The Bertz CT molecular complexity index is 154. The summed E-state index contributed by atoms with van der Waals surface area (Å²) in [5, 5.41) is 0.113. The fourth-order valence-electron chi connectivity index (χ4n) is 1.49. The highest BCUT2D eigenvalue weighted by Crippen LogP contribution is 2.31. The van der Waals surface area contributed by atoms with Crippen LogP contribution < -0.4 is 0 Å². The van der Waals surface area contributed by atoms with Crippen LogP contribution in [0.3, 0.4) is 0 Å². The van der Waals surface area contributed by atoms with Gasteiger partial charge in [0, 0.05) is 13.7 Å². The van der Waals surface area contributed by atoms with Crippen molar-refractivity contribution in [3.05, 3.63) is 0 Å². The summed E-state index contributed by atoms with van der Waals surface area (Å²) in [5.74, 6) is 0. The first-order valence-electron chi connectivity index (χ1n) is 5.15. The highest BCUT2D eigenvalue weighted by molar-refractivity contribution is 6.21. The molecule has 0 aliphatic heterocycles. The van der Waals surface area contributed by atoms with Crippen LogP contribution in [0.1, 0.15) is 19.8 Å². The van der Waals surface area contributed by atoms with Crippen molar-refractivity contribution in [2.24, 2.45) is 0 Å². The lowest BCUT2D eigenvalue weighted by atomic mass is 9.91. The van der Waals surface area contributed by atoms with Gasteiger partial charge in [-0.1, -0.05) is 6.92 Å². The molecule has 1 rings (SSSR count). The summed E-state index contributed by atoms with van der Waals surface area (Å²) in [6.45, 7) is 4.19. The maximum Gasteiger partial charge on any atom is 0.0997 e. The molecule has 0 amide bonds. The minimum atomic E-state index is 0.0582. The van der Waals surface area contributed by atoms with Crippen LogP contribution in [0.15, 0.2) is 0 Å². The summed E-state index contributed by atoms with van der Waals surface area (Å²) < 4.78 is 16.1. The third-order valence-electron chi connectivity index (χ3n) is 2.36. The first-order valence-corrected chi connectivity index (χ1v) is 5.59. The first kappa shape index (κ1) is 12.2. The maximum absolute atomic E-state index is 5.94. The third-order valence-corrected chi connectivity index (χ3v) is 2.79. The zero-order chi connectivity index (χ0) is 10.4. The molecule has 1 aliphatic carbocycles. The molecule has 0 aromatic rings. The molecule has 3 unspecified atom stereocenters. The standard InChI is InChI=1S/C10H19ClO3/c1-3-4-13-5-6-14-9-7-8(11)10(9)12-2/h8-10H,3-7H2,1-2H3. The average Bonchev–Trinajstić information content (AvgIpc) is 2.16. The Balaban J connectivity index is 1.97. The van der Waals surface area contributed by atoms with Crippen LogP contribution in [-0.2, 0) is 14.2 Å². The molecule has 0 aromatic carbocycles. The van der Waals surface area contributed by atoms with Crippen LogP contribution in [-0.4, -0.2) is 44.5 Å². The lowest BCUT2D eigenvalue weighted by Crippen LogP contribution is -2.50. The van der Waals surface area contributed by atoms with Crippen molar-refractivity contribution >= 4 is 11.6 Å². The second kappa shape index (κ2) is 6.62. The van der Waals surface area contributed by atoms with Crippen LogP contribution in [0.5, 0.6) is 0 Å². The monoisotopic (exact) mass is 222 g/mol. The van der Waals surface area contributed by atoms with Gasteiger partial charge in [-0.2, -0.15) is 0 Å². The van der Waals surface area contributed by atoms with E-state index in [1.165, 1.54) is 0 Å². The number of rotatable bonds is 7. The van der Waals surface area contributed by atoms with Crippen molar-refractivity contribution in [1.82, 2.24) is 0 Å². The van der Waals surface area contributed by atoms with Gasteiger partial charge in [0.25, 0.3) is 0 Å². The van der Waals surface area contributed by atoms with Crippen molar-refractivity contribution in [1.29, 1.82) is 0 Å². The Labute approximate surface area is 90.7 Å². The minimum Gasteiger partial charge on any atom is -0.379 e. The lowest BCUT2D eigenvalue weighted by molar-refractivity contribution is -0.118. The van der Waals surface area contributed by atoms with E-state index in [0.29, 0.717) is 13.2 Å². The van der Waals surface area contributed by atoms with Crippen LogP contribution in [0.4, 0.5) is 0 Å². The zero-order valence-corrected chi connectivity index (χ0v) is 9.63. The topological polar surface area (TPSA) is 27.7 Å². The molecule has 0 saturated heterocycles. The van der Waals surface area contributed by atoms with Gasteiger partial charge in [0.2, 0.25) is 0 Å². The Morgan fingerprint density at radius 1 is 1.29 bits per heavy atom. The summed E-state index contributed by atoms with van der Waals surface area (Å²) in [7, 11) is 1.67. The van der Waals surface area contributed by atoms with Crippen LogP contribution in [0.25, 0.3) is 0 Å². The molecule has 4 heteroatoms. The molecule has 1 fully saturated rings. The molecule has 1 aliphatic rings. The fraction of sp³-hybridized carbons (Fsp3) is 1.00. The van der Waals surface area contributed by atoms with Crippen molar-refractivity contribution in [3.8, 4) is 0 Å². The van der Waals surface area contributed by atoms with Gasteiger partial charge >= 0.3 is 0 Å². The quantitative estimate of drug-likeness (QED) is 0.486. The maximum atomic E-state index is 5.94. The molecule has 1 saturated carbocycles. The summed E-state index contributed by atoms with van der Waals surface area (Å²) >= 11 is 5.94. The number of alkyl halides is 1. The molecule has 0 radical (unpaired) electrons. The van der Waals surface area contributed by atoms with E-state index in [-0.39, 0.29) is 17.6 Å². The molecule has 0 heterocycles. The van der Waals surface area contributed by atoms with Crippen molar-refractivity contribution in [2.75, 3.05) is 26.9 Å². The molecule has 0 aromatic heterocycles. The zero-order valence-electron chi connectivity index (χ0n) is 8.87. The van der Waals surface area contributed by atoms with E-state index in [4.69, 9.17) is 25.8 Å². The van der Waals surface area contributed by atoms with E-state index in [2.05, 4.69) is 6.92 Å². The Hall–Kier alpha value is 0.170. The van der Waals surface area contributed by atoms with E-state index in [1.807, 2.05) is 0 Å². The smallest absolute Gasteiger partial charge is 0.0997 e. The largest absolute Gasteiger partial charge is 0.379 e. The van der Waals surface area contributed by atoms with Gasteiger partial charge in [-0.05, 0) is 12.8 Å². The van der Waals surface area contributed by atoms with Crippen molar-refractivity contribution in [3.63, 3.8) is 0 Å². The molecule has 14 heavy (non-hydrogen) atoms. The predicted molar refractivity (Wildman–Crippen MR) is 55.9 cm³/mol. The van der Waals surface area contributed by atoms with Crippen molar-refractivity contribution < 1.29 is 14.2 Å². The molecule has 0 bridgehead atoms. The highest BCUT2D eigenvalue weighted by Gasteiger charge is 2.40. The number of methoxy groups -OCH3 is 1. The molecular weight excluding hydrogens is 204 g/mol. The summed E-state index contributed by atoms with van der Waals surface area (Å²) in [6.07, 6.45) is 2.15. The Morgan fingerprint density at radius 2 is 2.07 bits per heavy atom. The van der Waals surface area contributed by atoms with Gasteiger partial charge in [0.05, 0.1) is 30.8 Å². The number of hydrogen-bond acceptors (Lipinski definition) is 3. The second-order valence-corrected chi connectivity index (χ2v) is 4.03. The van der Waals surface area contributed by atoms with Gasteiger partial charge < -0.3 is 14.2 Å². The summed E-state index contributed by atoms with van der Waals surface area (Å²) in [6, 6.07) is 0. The molecule has 0 N–H and O–H groups in total. The first-order chi connectivity index (χ1) is 6.79. The Morgan fingerprint density at radius 3 is 2.64 bits per heavy atom. The second-order valence-electron chi connectivity index (χ2n) is 3.47. The van der Waals surface area contributed by atoms with Gasteiger partial charge in [-0.25, -0.2) is 0 Å². The molecule has 84 valence electrons.